The SMILES string of the molecule is C[C@@H]1[NH2+][C@]2(C(=O)Nc3ccccc32)[C@@H]2C(=O)N(c3cccc(F)c3)C(=O)[C@@H]12. The highest BCUT2D eigenvalue weighted by molar-refractivity contribution is 6.25. The number of imide groups is 1. The monoisotopic (exact) mass is 366 g/mol. The Morgan fingerprint density at radius 2 is 1.85 bits per heavy atom. The van der Waals surface area contributed by atoms with E-state index in [2.05, 4.69) is 5.32 Å². The number of carbonyl (C=O) groups excluding carboxylic acids is 3. The van der Waals surface area contributed by atoms with Crippen molar-refractivity contribution in [1.82, 2.24) is 0 Å². The first kappa shape index (κ1) is 16.1. The third kappa shape index (κ3) is 1.89. The summed E-state index contributed by atoms with van der Waals surface area (Å²) in [5, 5.41) is 4.69. The minimum absolute atomic E-state index is 0.202. The molecule has 0 radical (unpaired) electrons. The first-order valence-electron chi connectivity index (χ1n) is 8.85. The van der Waals surface area contributed by atoms with Crippen molar-refractivity contribution in [2.45, 2.75) is 18.5 Å². The van der Waals surface area contributed by atoms with Crippen LogP contribution in [-0.4, -0.2) is 23.8 Å². The molecule has 0 saturated carbocycles. The van der Waals surface area contributed by atoms with Crippen molar-refractivity contribution < 1.29 is 24.1 Å². The molecule has 7 heteroatoms. The molecule has 0 aromatic heterocycles. The molecule has 2 saturated heterocycles. The Bertz CT molecular complexity index is 1020. The van der Waals surface area contributed by atoms with Crippen LogP contribution in [0.15, 0.2) is 48.5 Å². The second-order valence-corrected chi connectivity index (χ2v) is 7.39. The molecule has 3 aliphatic heterocycles. The van der Waals surface area contributed by atoms with Crippen molar-refractivity contribution in [3.05, 3.63) is 59.9 Å². The summed E-state index contributed by atoms with van der Waals surface area (Å²) in [6.45, 7) is 1.85. The summed E-state index contributed by atoms with van der Waals surface area (Å²) in [6.07, 6.45) is 0. The summed E-state index contributed by atoms with van der Waals surface area (Å²) >= 11 is 0. The van der Waals surface area contributed by atoms with Gasteiger partial charge in [-0.15, -0.1) is 0 Å². The second kappa shape index (κ2) is 5.23. The molecule has 27 heavy (non-hydrogen) atoms. The van der Waals surface area contributed by atoms with E-state index < -0.39 is 29.1 Å². The standard InChI is InChI=1S/C20H16FN3O3/c1-10-15-16(18(26)24(17(15)25)12-6-4-5-11(21)9-12)20(23-10)13-7-2-3-8-14(13)22-19(20)27/h2-10,15-16,23H,1H3,(H,22,27)/p+1/t10-,15-,16-,20-/m0/s1. The number of amides is 3. The lowest BCUT2D eigenvalue weighted by Crippen LogP contribution is -2.98. The minimum Gasteiger partial charge on any atom is -0.326 e. The lowest BCUT2D eigenvalue weighted by atomic mass is 9.76. The van der Waals surface area contributed by atoms with Gasteiger partial charge in [-0.05, 0) is 31.2 Å². The van der Waals surface area contributed by atoms with Crippen LogP contribution in [0, 0.1) is 17.7 Å². The maximum Gasteiger partial charge on any atom is 0.291 e. The number of nitrogens with one attached hydrogen (secondary N) is 1. The van der Waals surface area contributed by atoms with Gasteiger partial charge in [-0.25, -0.2) is 9.29 Å². The maximum absolute atomic E-state index is 13.7. The lowest BCUT2D eigenvalue weighted by Gasteiger charge is -2.25. The molecule has 1 spiro atoms. The Hall–Kier alpha value is -3.06. The number of nitrogens with zero attached hydrogens (tertiary/aromatic N) is 1. The summed E-state index contributed by atoms with van der Waals surface area (Å²) in [5.41, 5.74) is 0.413. The van der Waals surface area contributed by atoms with Crippen LogP contribution >= 0.6 is 0 Å². The molecular formula is C20H17FN3O3+. The predicted molar refractivity (Wildman–Crippen MR) is 94.0 cm³/mol. The van der Waals surface area contributed by atoms with Crippen LogP contribution in [0.25, 0.3) is 0 Å². The second-order valence-electron chi connectivity index (χ2n) is 7.39. The van der Waals surface area contributed by atoms with Crippen LogP contribution in [0.1, 0.15) is 12.5 Å². The van der Waals surface area contributed by atoms with Crippen LogP contribution in [0.2, 0.25) is 0 Å². The fourth-order valence-electron chi connectivity index (χ4n) is 4.97. The number of rotatable bonds is 1. The largest absolute Gasteiger partial charge is 0.326 e. The zero-order valence-corrected chi connectivity index (χ0v) is 14.5. The molecule has 3 aliphatic rings. The van der Waals surface area contributed by atoms with E-state index in [9.17, 15) is 18.8 Å². The molecular weight excluding hydrogens is 349 g/mol. The summed E-state index contributed by atoms with van der Waals surface area (Å²) in [6, 6.07) is 12.4. The maximum atomic E-state index is 13.7. The van der Waals surface area contributed by atoms with Crippen molar-refractivity contribution in [3.63, 3.8) is 0 Å². The Labute approximate surface area is 154 Å². The minimum atomic E-state index is -1.17. The number of nitrogens with two attached hydrogens (primary N) is 1. The molecule has 5 rings (SSSR count). The van der Waals surface area contributed by atoms with Gasteiger partial charge < -0.3 is 10.6 Å². The quantitative estimate of drug-likeness (QED) is 0.731. The van der Waals surface area contributed by atoms with E-state index in [4.69, 9.17) is 0 Å². The number of benzene rings is 2. The summed E-state index contributed by atoms with van der Waals surface area (Å²) in [7, 11) is 0. The van der Waals surface area contributed by atoms with Gasteiger partial charge in [0.2, 0.25) is 17.4 Å². The fourth-order valence-corrected chi connectivity index (χ4v) is 4.97. The average molecular weight is 366 g/mol. The van der Waals surface area contributed by atoms with Gasteiger partial charge >= 0.3 is 0 Å². The first-order chi connectivity index (χ1) is 12.9. The average Bonchev–Trinajstić information content (AvgIpc) is 3.20. The predicted octanol–water partition coefficient (Wildman–Crippen LogP) is 0.744. The normalized spacial score (nSPS) is 31.4. The van der Waals surface area contributed by atoms with E-state index in [0.29, 0.717) is 5.69 Å². The van der Waals surface area contributed by atoms with Gasteiger partial charge in [0, 0.05) is 5.56 Å². The topological polar surface area (TPSA) is 83.1 Å². The number of hydrogen-bond donors (Lipinski definition) is 2. The van der Waals surface area contributed by atoms with Gasteiger partial charge in [0.15, 0.2) is 0 Å². The molecule has 0 unspecified atom stereocenters. The third-order valence-corrected chi connectivity index (χ3v) is 6.00. The Balaban J connectivity index is 1.67. The number of halogens is 1. The smallest absolute Gasteiger partial charge is 0.291 e. The first-order valence-corrected chi connectivity index (χ1v) is 8.85. The summed E-state index contributed by atoms with van der Waals surface area (Å²) in [4.78, 5) is 40.5. The van der Waals surface area contributed by atoms with Crippen LogP contribution in [0.4, 0.5) is 15.8 Å². The van der Waals surface area contributed by atoms with Gasteiger partial charge in [0.05, 0.1) is 17.4 Å². The molecule has 0 bridgehead atoms. The molecule has 4 atom stereocenters. The van der Waals surface area contributed by atoms with Crippen LogP contribution < -0.4 is 15.5 Å². The van der Waals surface area contributed by atoms with Crippen molar-refractivity contribution in [1.29, 1.82) is 0 Å². The summed E-state index contributed by atoms with van der Waals surface area (Å²) < 4.78 is 13.7. The lowest BCUT2D eigenvalue weighted by molar-refractivity contribution is -0.730. The molecule has 2 fully saturated rings. The zero-order valence-electron chi connectivity index (χ0n) is 14.5. The van der Waals surface area contributed by atoms with E-state index in [-0.39, 0.29) is 23.5 Å². The molecule has 3 N–H and O–H groups in total. The third-order valence-electron chi connectivity index (χ3n) is 6.00. The van der Waals surface area contributed by atoms with Gasteiger partial charge in [0.1, 0.15) is 17.7 Å². The van der Waals surface area contributed by atoms with E-state index in [1.54, 1.807) is 6.07 Å². The van der Waals surface area contributed by atoms with E-state index in [1.807, 2.05) is 30.4 Å². The number of quaternary nitrogens is 1. The molecule has 3 amide bonds. The molecule has 6 nitrogen and oxygen atoms in total. The zero-order chi connectivity index (χ0) is 18.9. The van der Waals surface area contributed by atoms with Crippen molar-refractivity contribution in [2.75, 3.05) is 10.2 Å². The van der Waals surface area contributed by atoms with Crippen molar-refractivity contribution in [2.24, 2.45) is 11.8 Å². The Morgan fingerprint density at radius 1 is 1.07 bits per heavy atom. The summed E-state index contributed by atoms with van der Waals surface area (Å²) in [5.74, 6) is -3.12. The highest BCUT2D eigenvalue weighted by atomic mass is 19.1. The molecule has 3 heterocycles. The van der Waals surface area contributed by atoms with E-state index in [1.165, 1.54) is 24.3 Å². The van der Waals surface area contributed by atoms with E-state index >= 15 is 0 Å². The number of anilines is 2. The van der Waals surface area contributed by atoms with E-state index in [0.717, 1.165) is 10.5 Å². The Kier molecular flexibility index (Phi) is 3.13. The molecule has 2 aromatic carbocycles. The van der Waals surface area contributed by atoms with Gasteiger partial charge in [-0.1, -0.05) is 24.3 Å². The van der Waals surface area contributed by atoms with Crippen LogP contribution in [-0.2, 0) is 19.9 Å². The highest BCUT2D eigenvalue weighted by Crippen LogP contribution is 2.49. The van der Waals surface area contributed by atoms with Crippen LogP contribution in [0.5, 0.6) is 0 Å². The highest BCUT2D eigenvalue weighted by Gasteiger charge is 2.73. The number of para-hydroxylation sites is 1. The van der Waals surface area contributed by atoms with Gasteiger partial charge in [-0.3, -0.25) is 14.4 Å². The fraction of sp³-hybridized carbons (Fsp3) is 0.250. The molecule has 136 valence electrons. The number of fused-ring (bicyclic) bond motifs is 4. The molecule has 0 aliphatic carbocycles. The van der Waals surface area contributed by atoms with Gasteiger partial charge in [-0.2, -0.15) is 0 Å². The van der Waals surface area contributed by atoms with Gasteiger partial charge in [0.25, 0.3) is 5.91 Å². The Morgan fingerprint density at radius 3 is 2.63 bits per heavy atom. The molecule has 2 aromatic rings. The van der Waals surface area contributed by atoms with Crippen molar-refractivity contribution in [3.8, 4) is 0 Å². The van der Waals surface area contributed by atoms with Crippen molar-refractivity contribution >= 4 is 29.1 Å². The van der Waals surface area contributed by atoms with Crippen LogP contribution in [0.3, 0.4) is 0 Å². The number of hydrogen-bond acceptors (Lipinski definition) is 3. The number of carbonyl (C=O) groups is 3.